The maximum atomic E-state index is 12.7. The Kier molecular flexibility index (Phi) is 4.18. The van der Waals surface area contributed by atoms with Crippen LogP contribution in [0.25, 0.3) is 0 Å². The molecule has 24 heavy (non-hydrogen) atoms. The van der Waals surface area contributed by atoms with Gasteiger partial charge in [-0.1, -0.05) is 9.95 Å². The first-order valence-electron chi connectivity index (χ1n) is 7.30. The van der Waals surface area contributed by atoms with E-state index in [0.29, 0.717) is 24.9 Å². The summed E-state index contributed by atoms with van der Waals surface area (Å²) in [5.41, 5.74) is 0.862. The standard InChI is InChI=1S/C14H15FN2O6S/c15-24(21,22)23-9-2-1-8-5-6-17(14(20)10(8)7-9)11-3-4-12(18)16-13(11)19/h1-2,7,11,13,19H,3-6H2,(H,16,18). The van der Waals surface area contributed by atoms with Crippen molar-refractivity contribution in [3.8, 4) is 5.75 Å². The van der Waals surface area contributed by atoms with Gasteiger partial charge in [0.2, 0.25) is 5.91 Å². The minimum Gasteiger partial charge on any atom is -0.372 e. The van der Waals surface area contributed by atoms with Gasteiger partial charge in [0, 0.05) is 18.5 Å². The number of fused-ring (bicyclic) bond motifs is 1. The van der Waals surface area contributed by atoms with Crippen molar-refractivity contribution < 1.29 is 31.2 Å². The molecule has 0 radical (unpaired) electrons. The smallest absolute Gasteiger partial charge is 0.372 e. The lowest BCUT2D eigenvalue weighted by molar-refractivity contribution is -0.129. The summed E-state index contributed by atoms with van der Waals surface area (Å²) < 4.78 is 38.0. The molecule has 2 atom stereocenters. The molecule has 10 heteroatoms. The molecule has 2 aliphatic rings. The molecule has 1 saturated heterocycles. The average Bonchev–Trinajstić information content (AvgIpc) is 2.47. The highest BCUT2D eigenvalue weighted by molar-refractivity contribution is 7.81. The van der Waals surface area contributed by atoms with Crippen molar-refractivity contribution in [1.82, 2.24) is 10.2 Å². The minimum absolute atomic E-state index is 0.187. The van der Waals surface area contributed by atoms with Gasteiger partial charge in [0.15, 0.2) is 0 Å². The molecule has 1 aromatic rings. The lowest BCUT2D eigenvalue weighted by atomic mass is 9.94. The molecule has 0 aliphatic carbocycles. The zero-order valence-electron chi connectivity index (χ0n) is 12.4. The van der Waals surface area contributed by atoms with Crippen molar-refractivity contribution in [1.29, 1.82) is 0 Å². The van der Waals surface area contributed by atoms with E-state index < -0.39 is 28.7 Å². The Morgan fingerprint density at radius 2 is 2.04 bits per heavy atom. The van der Waals surface area contributed by atoms with Crippen molar-refractivity contribution in [2.75, 3.05) is 6.54 Å². The van der Waals surface area contributed by atoms with Gasteiger partial charge in [-0.05, 0) is 30.5 Å². The summed E-state index contributed by atoms with van der Waals surface area (Å²) in [6, 6.07) is 3.37. The Labute approximate surface area is 137 Å². The van der Waals surface area contributed by atoms with Crippen LogP contribution in [0.15, 0.2) is 18.2 Å². The third kappa shape index (κ3) is 3.34. The molecular formula is C14H15FN2O6S. The van der Waals surface area contributed by atoms with Gasteiger partial charge in [0.25, 0.3) is 5.91 Å². The number of carbonyl (C=O) groups excluding carboxylic acids is 2. The van der Waals surface area contributed by atoms with Crippen molar-refractivity contribution in [2.24, 2.45) is 0 Å². The summed E-state index contributed by atoms with van der Waals surface area (Å²) in [5.74, 6) is -1.02. The predicted octanol–water partition coefficient (Wildman–Crippen LogP) is -0.125. The summed E-state index contributed by atoms with van der Waals surface area (Å²) >= 11 is 0. The van der Waals surface area contributed by atoms with Crippen LogP contribution in [0, 0.1) is 0 Å². The fourth-order valence-corrected chi connectivity index (χ4v) is 3.38. The number of aliphatic hydroxyl groups excluding tert-OH is 1. The van der Waals surface area contributed by atoms with Crippen LogP contribution >= 0.6 is 0 Å². The Morgan fingerprint density at radius 3 is 2.71 bits per heavy atom. The van der Waals surface area contributed by atoms with Gasteiger partial charge in [-0.2, -0.15) is 8.42 Å². The molecule has 3 rings (SSSR count). The van der Waals surface area contributed by atoms with Crippen molar-refractivity contribution in [3.63, 3.8) is 0 Å². The highest BCUT2D eigenvalue weighted by Crippen LogP contribution is 2.28. The number of rotatable bonds is 3. The fraction of sp³-hybridized carbons (Fsp3) is 0.429. The molecule has 1 aromatic carbocycles. The second-order valence-corrected chi connectivity index (χ2v) is 6.62. The van der Waals surface area contributed by atoms with Crippen LogP contribution in [-0.4, -0.2) is 49.1 Å². The van der Waals surface area contributed by atoms with E-state index in [1.165, 1.54) is 17.0 Å². The molecule has 0 aromatic heterocycles. The molecule has 2 N–H and O–H groups in total. The summed E-state index contributed by atoms with van der Waals surface area (Å²) in [7, 11) is -5.18. The van der Waals surface area contributed by atoms with Gasteiger partial charge in [0.1, 0.15) is 12.0 Å². The van der Waals surface area contributed by atoms with Crippen LogP contribution in [0.2, 0.25) is 0 Å². The highest BCUT2D eigenvalue weighted by atomic mass is 32.3. The van der Waals surface area contributed by atoms with E-state index >= 15 is 0 Å². The first kappa shape index (κ1) is 16.7. The number of nitrogens with zero attached hydrogens (tertiary/aromatic N) is 1. The molecule has 0 saturated carbocycles. The van der Waals surface area contributed by atoms with E-state index in [4.69, 9.17) is 0 Å². The van der Waals surface area contributed by atoms with Crippen molar-refractivity contribution in [3.05, 3.63) is 29.3 Å². The van der Waals surface area contributed by atoms with Crippen LogP contribution in [0.4, 0.5) is 3.89 Å². The minimum atomic E-state index is -5.18. The number of carbonyl (C=O) groups is 2. The van der Waals surface area contributed by atoms with Gasteiger partial charge in [-0.25, -0.2) is 0 Å². The second kappa shape index (κ2) is 6.02. The van der Waals surface area contributed by atoms with E-state index in [9.17, 15) is 27.0 Å². The Hall–Kier alpha value is -2.20. The Morgan fingerprint density at radius 1 is 1.29 bits per heavy atom. The van der Waals surface area contributed by atoms with E-state index in [2.05, 4.69) is 9.50 Å². The lowest BCUT2D eigenvalue weighted by Crippen LogP contribution is -2.58. The van der Waals surface area contributed by atoms with Crippen LogP contribution in [0.1, 0.15) is 28.8 Å². The third-order valence-electron chi connectivity index (χ3n) is 4.13. The molecule has 0 bridgehead atoms. The average molecular weight is 358 g/mol. The van der Waals surface area contributed by atoms with E-state index in [0.717, 1.165) is 6.07 Å². The summed E-state index contributed by atoms with van der Waals surface area (Å²) in [4.78, 5) is 25.4. The van der Waals surface area contributed by atoms with Crippen LogP contribution in [-0.2, 0) is 21.7 Å². The van der Waals surface area contributed by atoms with Gasteiger partial charge in [0.05, 0.1) is 6.04 Å². The number of halogens is 1. The maximum Gasteiger partial charge on any atom is 0.488 e. The Balaban J connectivity index is 1.86. The quantitative estimate of drug-likeness (QED) is 0.728. The third-order valence-corrected chi connectivity index (χ3v) is 4.52. The molecule has 2 heterocycles. The topological polar surface area (TPSA) is 113 Å². The molecule has 130 valence electrons. The zero-order chi connectivity index (χ0) is 17.5. The van der Waals surface area contributed by atoms with Gasteiger partial charge in [-0.3, -0.25) is 9.59 Å². The van der Waals surface area contributed by atoms with Crippen molar-refractivity contribution in [2.45, 2.75) is 31.5 Å². The molecule has 2 unspecified atom stereocenters. The number of hydrogen-bond acceptors (Lipinski definition) is 6. The first-order valence-corrected chi connectivity index (χ1v) is 8.61. The fourth-order valence-electron chi connectivity index (χ4n) is 3.05. The molecule has 1 fully saturated rings. The second-order valence-electron chi connectivity index (χ2n) is 5.66. The summed E-state index contributed by atoms with van der Waals surface area (Å²) in [5, 5.41) is 12.4. The van der Waals surface area contributed by atoms with Gasteiger partial charge >= 0.3 is 10.5 Å². The number of nitrogens with one attached hydrogen (secondary N) is 1. The summed E-state index contributed by atoms with van der Waals surface area (Å²) in [6.45, 7) is 0.352. The highest BCUT2D eigenvalue weighted by Gasteiger charge is 2.37. The molecular weight excluding hydrogens is 343 g/mol. The van der Waals surface area contributed by atoms with Crippen LogP contribution in [0.3, 0.4) is 0 Å². The Bertz CT molecular complexity index is 796. The molecule has 2 amide bonds. The number of aliphatic hydroxyl groups is 1. The normalized spacial score (nSPS) is 24.3. The number of amides is 2. The number of hydrogen-bond donors (Lipinski definition) is 2. The molecule has 2 aliphatic heterocycles. The van der Waals surface area contributed by atoms with E-state index in [1.54, 1.807) is 0 Å². The number of piperidine rings is 1. The summed E-state index contributed by atoms with van der Waals surface area (Å²) in [6.07, 6.45) is -0.159. The zero-order valence-corrected chi connectivity index (χ0v) is 13.3. The van der Waals surface area contributed by atoms with Gasteiger partial charge in [-0.15, -0.1) is 0 Å². The van der Waals surface area contributed by atoms with Crippen molar-refractivity contribution >= 4 is 22.3 Å². The van der Waals surface area contributed by atoms with Gasteiger partial charge < -0.3 is 19.5 Å². The maximum absolute atomic E-state index is 12.7. The van der Waals surface area contributed by atoms with Crippen LogP contribution < -0.4 is 9.50 Å². The SMILES string of the molecule is O=C1CCC(N2CCc3ccc(OS(=O)(=O)F)cc3C2=O)C(O)N1. The van der Waals surface area contributed by atoms with Crippen LogP contribution in [0.5, 0.6) is 5.75 Å². The monoisotopic (exact) mass is 358 g/mol. The molecule has 0 spiro atoms. The predicted molar refractivity (Wildman–Crippen MR) is 79.0 cm³/mol. The largest absolute Gasteiger partial charge is 0.488 e. The van der Waals surface area contributed by atoms with E-state index in [1.807, 2.05) is 0 Å². The number of benzene rings is 1. The van der Waals surface area contributed by atoms with E-state index in [-0.39, 0.29) is 23.6 Å². The molecule has 8 nitrogen and oxygen atoms in total. The lowest BCUT2D eigenvalue weighted by Gasteiger charge is -2.40. The first-order chi connectivity index (χ1) is 11.2.